The number of aromatic nitrogens is 1. The number of amides is 1. The summed E-state index contributed by atoms with van der Waals surface area (Å²) >= 11 is 0. The van der Waals surface area contributed by atoms with E-state index in [9.17, 15) is 13.2 Å². The molecule has 0 aliphatic carbocycles. The second kappa shape index (κ2) is 4.16. The first-order valence-electron chi connectivity index (χ1n) is 3.99. The van der Waals surface area contributed by atoms with Gasteiger partial charge in [0.15, 0.2) is 0 Å². The molecule has 0 saturated heterocycles. The highest BCUT2D eigenvalue weighted by Crippen LogP contribution is 2.20. The molecule has 0 atom stereocenters. The van der Waals surface area contributed by atoms with Crippen molar-refractivity contribution < 1.29 is 13.2 Å². The number of pyridine rings is 1. The second-order valence-corrected chi connectivity index (χ2v) is 5.49. The Hall–Kier alpha value is -1.14. The fraction of sp³-hybridized carbons (Fsp3) is 0.250. The van der Waals surface area contributed by atoms with Gasteiger partial charge in [0.05, 0.1) is 0 Å². The highest BCUT2D eigenvalue weighted by atomic mass is 35.7. The summed E-state index contributed by atoms with van der Waals surface area (Å²) in [6.07, 6.45) is 1.11. The van der Waals surface area contributed by atoms with Crippen LogP contribution in [0.2, 0.25) is 0 Å². The van der Waals surface area contributed by atoms with Gasteiger partial charge in [-0.3, -0.25) is 4.79 Å². The highest BCUT2D eigenvalue weighted by Gasteiger charge is 2.14. The van der Waals surface area contributed by atoms with Gasteiger partial charge in [-0.2, -0.15) is 0 Å². The van der Waals surface area contributed by atoms with Crippen molar-refractivity contribution in [3.63, 3.8) is 0 Å². The first-order valence-corrected chi connectivity index (χ1v) is 6.30. The highest BCUT2D eigenvalue weighted by molar-refractivity contribution is 8.13. The van der Waals surface area contributed by atoms with E-state index in [1.807, 2.05) is 0 Å². The lowest BCUT2D eigenvalue weighted by Crippen LogP contribution is -2.08. The quantitative estimate of drug-likeness (QED) is 0.800. The Balaban J connectivity index is 3.15. The van der Waals surface area contributed by atoms with E-state index in [2.05, 4.69) is 10.3 Å². The molecule has 0 aliphatic heterocycles. The summed E-state index contributed by atoms with van der Waals surface area (Å²) < 4.78 is 22.1. The summed E-state index contributed by atoms with van der Waals surface area (Å²) in [5.41, 5.74) is 0.434. The summed E-state index contributed by atoms with van der Waals surface area (Å²) in [4.78, 5) is 14.4. The normalized spacial score (nSPS) is 11.1. The molecule has 0 spiro atoms. The Morgan fingerprint density at radius 1 is 1.53 bits per heavy atom. The maximum Gasteiger partial charge on any atom is 0.263 e. The molecule has 5 nitrogen and oxygen atoms in total. The van der Waals surface area contributed by atoms with Crippen LogP contribution in [0.4, 0.5) is 5.82 Å². The van der Waals surface area contributed by atoms with E-state index in [0.717, 1.165) is 6.20 Å². The smallest absolute Gasteiger partial charge is 0.263 e. The van der Waals surface area contributed by atoms with Crippen LogP contribution in [-0.2, 0) is 13.8 Å². The molecule has 0 aromatic carbocycles. The Labute approximate surface area is 91.9 Å². The van der Waals surface area contributed by atoms with Crippen LogP contribution < -0.4 is 5.32 Å². The number of nitrogens with one attached hydrogen (secondary N) is 1. The Bertz CT molecular complexity index is 499. The van der Waals surface area contributed by atoms with E-state index in [4.69, 9.17) is 10.7 Å². The van der Waals surface area contributed by atoms with Crippen molar-refractivity contribution in [3.8, 4) is 0 Å². The molecule has 15 heavy (non-hydrogen) atoms. The molecule has 1 heterocycles. The van der Waals surface area contributed by atoms with Crippen LogP contribution in [0.25, 0.3) is 0 Å². The molecule has 0 unspecified atom stereocenters. The minimum atomic E-state index is -3.78. The summed E-state index contributed by atoms with van der Waals surface area (Å²) in [5, 5.41) is 2.44. The van der Waals surface area contributed by atoms with Crippen molar-refractivity contribution in [2.75, 3.05) is 5.32 Å². The third kappa shape index (κ3) is 3.17. The first-order chi connectivity index (χ1) is 6.80. The lowest BCUT2D eigenvalue weighted by Gasteiger charge is -2.04. The van der Waals surface area contributed by atoms with Gasteiger partial charge in [0, 0.05) is 23.8 Å². The lowest BCUT2D eigenvalue weighted by molar-refractivity contribution is -0.114. The first kappa shape index (κ1) is 11.9. The predicted octanol–water partition coefficient (Wildman–Crippen LogP) is 1.28. The monoisotopic (exact) mass is 248 g/mol. The summed E-state index contributed by atoms with van der Waals surface area (Å²) in [7, 11) is 1.39. The van der Waals surface area contributed by atoms with Crippen molar-refractivity contribution >= 4 is 31.5 Å². The van der Waals surface area contributed by atoms with E-state index >= 15 is 0 Å². The van der Waals surface area contributed by atoms with Crippen molar-refractivity contribution in [3.05, 3.63) is 17.8 Å². The molecule has 1 rings (SSSR count). The molecule has 1 amide bonds. The fourth-order valence-corrected chi connectivity index (χ4v) is 2.15. The molecule has 0 aliphatic rings. The number of halogens is 1. The van der Waals surface area contributed by atoms with Crippen molar-refractivity contribution in [1.29, 1.82) is 0 Å². The molecular weight excluding hydrogens is 240 g/mol. The number of rotatable bonds is 2. The standard InChI is InChI=1S/C8H9ClN2O3S/c1-5-3-8(11-6(2)12)10-4-7(5)15(9,13)14/h3-4H,1-2H3,(H,10,11,12). The predicted molar refractivity (Wildman–Crippen MR) is 56.3 cm³/mol. The zero-order chi connectivity index (χ0) is 11.6. The molecule has 0 fully saturated rings. The molecule has 1 aromatic rings. The summed E-state index contributed by atoms with van der Waals surface area (Å²) in [6, 6.07) is 1.44. The Kier molecular flexibility index (Phi) is 3.31. The number of hydrogen-bond acceptors (Lipinski definition) is 4. The minimum absolute atomic E-state index is 0.0572. The fourth-order valence-electron chi connectivity index (χ4n) is 1.05. The summed E-state index contributed by atoms with van der Waals surface area (Å²) in [6.45, 7) is 2.91. The van der Waals surface area contributed by atoms with E-state index < -0.39 is 9.05 Å². The van der Waals surface area contributed by atoms with E-state index in [1.54, 1.807) is 6.92 Å². The molecule has 1 aromatic heterocycles. The number of carbonyl (C=O) groups excluding carboxylic acids is 1. The number of carbonyl (C=O) groups is 1. The third-order valence-corrected chi connectivity index (χ3v) is 3.08. The van der Waals surface area contributed by atoms with Gasteiger partial charge in [0.25, 0.3) is 9.05 Å². The van der Waals surface area contributed by atoms with Crippen LogP contribution in [0, 0.1) is 6.92 Å². The Morgan fingerprint density at radius 2 is 2.13 bits per heavy atom. The van der Waals surface area contributed by atoms with Gasteiger partial charge in [-0.1, -0.05) is 0 Å². The van der Waals surface area contributed by atoms with Crippen LogP contribution >= 0.6 is 10.7 Å². The average Bonchev–Trinajstić information content (AvgIpc) is 1.99. The molecule has 0 radical (unpaired) electrons. The van der Waals surface area contributed by atoms with Gasteiger partial charge >= 0.3 is 0 Å². The van der Waals surface area contributed by atoms with Gasteiger partial charge in [-0.15, -0.1) is 0 Å². The average molecular weight is 249 g/mol. The molecule has 0 saturated carbocycles. The van der Waals surface area contributed by atoms with Crippen LogP contribution in [0.5, 0.6) is 0 Å². The number of nitrogens with zero attached hydrogens (tertiary/aromatic N) is 1. The van der Waals surface area contributed by atoms with E-state index in [0.29, 0.717) is 11.4 Å². The van der Waals surface area contributed by atoms with Gasteiger partial charge in [-0.05, 0) is 18.6 Å². The van der Waals surface area contributed by atoms with Crippen molar-refractivity contribution in [2.24, 2.45) is 0 Å². The van der Waals surface area contributed by atoms with Crippen LogP contribution in [0.3, 0.4) is 0 Å². The van der Waals surface area contributed by atoms with Crippen LogP contribution in [-0.4, -0.2) is 19.3 Å². The molecule has 7 heteroatoms. The molecule has 0 bridgehead atoms. The molecular formula is C8H9ClN2O3S. The topological polar surface area (TPSA) is 76.1 Å². The zero-order valence-electron chi connectivity index (χ0n) is 8.11. The lowest BCUT2D eigenvalue weighted by atomic mass is 10.3. The summed E-state index contributed by atoms with van der Waals surface area (Å²) in [5.74, 6) is 0.0208. The minimum Gasteiger partial charge on any atom is -0.311 e. The van der Waals surface area contributed by atoms with Crippen LogP contribution in [0.15, 0.2) is 17.2 Å². The second-order valence-electron chi connectivity index (χ2n) is 2.95. The van der Waals surface area contributed by atoms with Crippen molar-refractivity contribution in [1.82, 2.24) is 4.98 Å². The third-order valence-electron chi connectivity index (χ3n) is 1.63. The van der Waals surface area contributed by atoms with E-state index in [-0.39, 0.29) is 10.8 Å². The largest absolute Gasteiger partial charge is 0.311 e. The Morgan fingerprint density at radius 3 is 2.53 bits per heavy atom. The molecule has 1 N–H and O–H groups in total. The number of hydrogen-bond donors (Lipinski definition) is 1. The maximum atomic E-state index is 11.0. The number of aryl methyl sites for hydroxylation is 1. The van der Waals surface area contributed by atoms with Gasteiger partial charge in [0.1, 0.15) is 10.7 Å². The van der Waals surface area contributed by atoms with Gasteiger partial charge in [-0.25, -0.2) is 13.4 Å². The zero-order valence-corrected chi connectivity index (χ0v) is 9.69. The molecule has 82 valence electrons. The van der Waals surface area contributed by atoms with Crippen molar-refractivity contribution in [2.45, 2.75) is 18.7 Å². The van der Waals surface area contributed by atoms with E-state index in [1.165, 1.54) is 13.0 Å². The van der Waals surface area contributed by atoms with Gasteiger partial charge in [0.2, 0.25) is 5.91 Å². The maximum absolute atomic E-state index is 11.0. The SMILES string of the molecule is CC(=O)Nc1cc(C)c(S(=O)(=O)Cl)cn1. The van der Waals surface area contributed by atoms with Crippen LogP contribution in [0.1, 0.15) is 12.5 Å². The number of anilines is 1. The van der Waals surface area contributed by atoms with Gasteiger partial charge < -0.3 is 5.32 Å².